The van der Waals surface area contributed by atoms with Crippen molar-refractivity contribution in [1.29, 1.82) is 0 Å². The highest BCUT2D eigenvalue weighted by Gasteiger charge is 2.18. The molecule has 2 aromatic heterocycles. The summed E-state index contributed by atoms with van der Waals surface area (Å²) in [5.74, 6) is 0.573. The van der Waals surface area contributed by atoms with Crippen LogP contribution in [0.3, 0.4) is 0 Å². The van der Waals surface area contributed by atoms with Gasteiger partial charge in [0.1, 0.15) is 17.0 Å². The highest BCUT2D eigenvalue weighted by molar-refractivity contribution is 6.10. The fourth-order valence-electron chi connectivity index (χ4n) is 2.86. The van der Waals surface area contributed by atoms with Gasteiger partial charge in [-0.3, -0.25) is 9.59 Å². The van der Waals surface area contributed by atoms with Crippen LogP contribution in [-0.2, 0) is 0 Å². The number of nitrogens with zero attached hydrogens (tertiary/aromatic N) is 3. The molecule has 9 heteroatoms. The molecule has 0 aliphatic heterocycles. The van der Waals surface area contributed by atoms with E-state index in [1.165, 1.54) is 6.07 Å². The monoisotopic (exact) mass is 391 g/mol. The van der Waals surface area contributed by atoms with Gasteiger partial charge in [-0.15, -0.1) is 10.2 Å². The van der Waals surface area contributed by atoms with Crippen molar-refractivity contribution in [3.8, 4) is 17.3 Å². The number of anilines is 1. The highest BCUT2D eigenvalue weighted by Crippen LogP contribution is 2.25. The van der Waals surface area contributed by atoms with Gasteiger partial charge in [0.05, 0.1) is 12.0 Å². The van der Waals surface area contributed by atoms with E-state index in [1.54, 1.807) is 36.4 Å². The molecule has 9 nitrogen and oxygen atoms in total. The Balaban J connectivity index is 1.70. The maximum Gasteiger partial charge on any atom is 0.242 e. The minimum absolute atomic E-state index is 0.0259. The van der Waals surface area contributed by atoms with E-state index in [0.29, 0.717) is 23.5 Å². The van der Waals surface area contributed by atoms with Crippen LogP contribution in [0.25, 0.3) is 22.6 Å². The van der Waals surface area contributed by atoms with Crippen LogP contribution in [0.4, 0.5) is 5.69 Å². The summed E-state index contributed by atoms with van der Waals surface area (Å²) in [7, 11) is 0. The fraction of sp³-hybridized carbons (Fsp3) is 0.150. The molecule has 2 aromatic carbocycles. The van der Waals surface area contributed by atoms with Crippen LogP contribution in [0.1, 0.15) is 29.3 Å². The predicted octanol–water partition coefficient (Wildman–Crippen LogP) is 2.58. The van der Waals surface area contributed by atoms with Crippen LogP contribution < -0.4 is 15.9 Å². The lowest BCUT2D eigenvalue weighted by Crippen LogP contribution is -2.11. The number of ether oxygens (including phenoxy) is 1. The SMILES string of the molecule is CCCOc1ccc(C(=O)c2ccc3oc(-c4nn[nH]n4)c(N)c(=O)c3c2)cc1. The first-order chi connectivity index (χ1) is 14.1. The number of carbonyl (C=O) groups excluding carboxylic acids is 1. The number of H-pyrrole nitrogens is 1. The first-order valence-corrected chi connectivity index (χ1v) is 8.96. The number of nitrogens with one attached hydrogen (secondary N) is 1. The molecule has 2 heterocycles. The Morgan fingerprint density at radius 3 is 2.62 bits per heavy atom. The molecule has 0 amide bonds. The number of hydrogen-bond acceptors (Lipinski definition) is 8. The number of tetrazole rings is 1. The van der Waals surface area contributed by atoms with E-state index in [2.05, 4.69) is 20.6 Å². The molecule has 0 aliphatic carbocycles. The summed E-state index contributed by atoms with van der Waals surface area (Å²) in [6, 6.07) is 11.5. The van der Waals surface area contributed by atoms with Gasteiger partial charge >= 0.3 is 0 Å². The molecular weight excluding hydrogens is 374 g/mol. The lowest BCUT2D eigenvalue weighted by atomic mass is 10.0. The largest absolute Gasteiger partial charge is 0.494 e. The number of hydrogen-bond donors (Lipinski definition) is 2. The second-order valence-electron chi connectivity index (χ2n) is 6.32. The highest BCUT2D eigenvalue weighted by atomic mass is 16.5. The third-order valence-electron chi connectivity index (χ3n) is 4.33. The Labute approximate surface area is 164 Å². The van der Waals surface area contributed by atoms with Gasteiger partial charge in [0, 0.05) is 11.1 Å². The Bertz CT molecular complexity index is 1230. The Morgan fingerprint density at radius 2 is 1.93 bits per heavy atom. The number of benzene rings is 2. The third kappa shape index (κ3) is 3.45. The van der Waals surface area contributed by atoms with Crippen molar-refractivity contribution in [3.05, 3.63) is 63.8 Å². The number of fused-ring (bicyclic) bond motifs is 1. The van der Waals surface area contributed by atoms with Crippen LogP contribution in [0, 0.1) is 0 Å². The van der Waals surface area contributed by atoms with Gasteiger partial charge in [-0.25, -0.2) is 0 Å². The summed E-state index contributed by atoms with van der Waals surface area (Å²) >= 11 is 0. The summed E-state index contributed by atoms with van der Waals surface area (Å²) < 4.78 is 11.2. The Morgan fingerprint density at radius 1 is 1.17 bits per heavy atom. The summed E-state index contributed by atoms with van der Waals surface area (Å²) in [5.41, 5.74) is 6.38. The zero-order valence-corrected chi connectivity index (χ0v) is 15.5. The second-order valence-corrected chi connectivity index (χ2v) is 6.32. The molecule has 0 spiro atoms. The number of aromatic nitrogens is 4. The minimum atomic E-state index is -0.469. The van der Waals surface area contributed by atoms with Gasteiger partial charge in [-0.05, 0) is 54.1 Å². The van der Waals surface area contributed by atoms with E-state index in [-0.39, 0.29) is 34.0 Å². The summed E-state index contributed by atoms with van der Waals surface area (Å²) in [4.78, 5) is 25.5. The van der Waals surface area contributed by atoms with E-state index < -0.39 is 5.43 Å². The van der Waals surface area contributed by atoms with Crippen molar-refractivity contribution < 1.29 is 13.9 Å². The molecule has 3 N–H and O–H groups in total. The number of nitrogen functional groups attached to an aromatic ring is 1. The van der Waals surface area contributed by atoms with Gasteiger partial charge < -0.3 is 14.9 Å². The average Bonchev–Trinajstić information content (AvgIpc) is 3.29. The minimum Gasteiger partial charge on any atom is -0.494 e. The quantitative estimate of drug-likeness (QED) is 0.478. The molecule has 0 atom stereocenters. The van der Waals surface area contributed by atoms with Crippen molar-refractivity contribution in [1.82, 2.24) is 20.6 Å². The molecule has 0 bridgehead atoms. The lowest BCUT2D eigenvalue weighted by Gasteiger charge is -2.07. The molecule has 4 aromatic rings. The van der Waals surface area contributed by atoms with Gasteiger partial charge in [0.25, 0.3) is 0 Å². The number of ketones is 1. The summed E-state index contributed by atoms with van der Waals surface area (Å²) in [6.07, 6.45) is 0.901. The van der Waals surface area contributed by atoms with Crippen molar-refractivity contribution in [2.24, 2.45) is 0 Å². The molecule has 0 saturated heterocycles. The standard InChI is InChI=1S/C20H17N5O4/c1-2-9-28-13-6-3-11(4-7-13)17(26)12-5-8-15-14(10-12)18(27)16(21)19(29-15)20-22-24-25-23-20/h3-8,10H,2,9,21H2,1H3,(H,22,23,24,25). The van der Waals surface area contributed by atoms with E-state index in [4.69, 9.17) is 14.9 Å². The van der Waals surface area contributed by atoms with E-state index in [0.717, 1.165) is 6.42 Å². The van der Waals surface area contributed by atoms with Crippen molar-refractivity contribution >= 4 is 22.4 Å². The van der Waals surface area contributed by atoms with Crippen LogP contribution in [0.2, 0.25) is 0 Å². The topological polar surface area (TPSA) is 137 Å². The van der Waals surface area contributed by atoms with Gasteiger partial charge in [-0.1, -0.05) is 6.92 Å². The summed E-state index contributed by atoms with van der Waals surface area (Å²) in [6.45, 7) is 2.63. The molecule has 29 heavy (non-hydrogen) atoms. The first kappa shape index (κ1) is 18.4. The maximum atomic E-state index is 12.8. The Kier molecular flexibility index (Phi) is 4.78. The normalized spacial score (nSPS) is 10.9. The lowest BCUT2D eigenvalue weighted by molar-refractivity contribution is 0.103. The number of aromatic amines is 1. The first-order valence-electron chi connectivity index (χ1n) is 8.96. The molecule has 146 valence electrons. The van der Waals surface area contributed by atoms with Crippen molar-refractivity contribution in [3.63, 3.8) is 0 Å². The molecule has 0 aliphatic rings. The molecule has 0 fully saturated rings. The molecule has 0 unspecified atom stereocenters. The van der Waals surface area contributed by atoms with Gasteiger partial charge in [-0.2, -0.15) is 5.21 Å². The van der Waals surface area contributed by atoms with Crippen molar-refractivity contribution in [2.75, 3.05) is 12.3 Å². The summed E-state index contributed by atoms with van der Waals surface area (Å²) in [5, 5.41) is 13.5. The Hall–Kier alpha value is -4.01. The zero-order chi connectivity index (χ0) is 20.4. The number of rotatable bonds is 6. The molecule has 0 radical (unpaired) electrons. The van der Waals surface area contributed by atoms with E-state index in [1.807, 2.05) is 6.92 Å². The third-order valence-corrected chi connectivity index (χ3v) is 4.33. The maximum absolute atomic E-state index is 12.8. The smallest absolute Gasteiger partial charge is 0.242 e. The average molecular weight is 391 g/mol. The van der Waals surface area contributed by atoms with Crippen LogP contribution in [0.5, 0.6) is 5.75 Å². The van der Waals surface area contributed by atoms with Gasteiger partial charge in [0.15, 0.2) is 5.78 Å². The van der Waals surface area contributed by atoms with Gasteiger partial charge in [0.2, 0.25) is 17.0 Å². The molecule has 0 saturated carbocycles. The molecule has 4 rings (SSSR count). The van der Waals surface area contributed by atoms with Crippen molar-refractivity contribution in [2.45, 2.75) is 13.3 Å². The van der Waals surface area contributed by atoms with E-state index in [9.17, 15) is 9.59 Å². The van der Waals surface area contributed by atoms with Crippen LogP contribution in [0.15, 0.2) is 51.7 Å². The molecular formula is C20H17N5O4. The van der Waals surface area contributed by atoms with E-state index >= 15 is 0 Å². The predicted molar refractivity (Wildman–Crippen MR) is 106 cm³/mol. The second kappa shape index (κ2) is 7.55. The zero-order valence-electron chi connectivity index (χ0n) is 15.5. The fourth-order valence-corrected chi connectivity index (χ4v) is 2.86. The number of carbonyl (C=O) groups is 1. The number of nitrogens with two attached hydrogens (primary N) is 1. The van der Waals surface area contributed by atoms with Crippen LogP contribution >= 0.6 is 0 Å². The van der Waals surface area contributed by atoms with Crippen LogP contribution in [-0.4, -0.2) is 33.0 Å².